The Bertz CT molecular complexity index is 757. The van der Waals surface area contributed by atoms with E-state index in [0.29, 0.717) is 16.9 Å². The van der Waals surface area contributed by atoms with Crippen LogP contribution < -0.4 is 4.74 Å². The zero-order valence-corrected chi connectivity index (χ0v) is 14.4. The molecule has 2 rings (SSSR count). The molecule has 0 aliphatic heterocycles. The number of carbonyl (C=O) groups is 1. The van der Waals surface area contributed by atoms with Crippen LogP contribution in [0.25, 0.3) is 11.1 Å². The molecular formula is C19H19F3O3. The molecule has 0 fully saturated rings. The maximum atomic E-state index is 12.7. The molecule has 0 heterocycles. The Morgan fingerprint density at radius 2 is 1.56 bits per heavy atom. The van der Waals surface area contributed by atoms with Crippen LogP contribution in [-0.2, 0) is 10.9 Å². The summed E-state index contributed by atoms with van der Waals surface area (Å²) in [5.41, 5.74) is -0.266. The second-order valence-electron chi connectivity index (χ2n) is 6.49. The molecule has 0 saturated carbocycles. The largest absolute Gasteiger partial charge is 0.497 e. The van der Waals surface area contributed by atoms with E-state index in [1.165, 1.54) is 19.2 Å². The van der Waals surface area contributed by atoms with E-state index in [1.807, 2.05) is 0 Å². The van der Waals surface area contributed by atoms with Gasteiger partial charge in [-0.25, -0.2) is 4.79 Å². The molecule has 0 saturated heterocycles. The van der Waals surface area contributed by atoms with E-state index < -0.39 is 23.3 Å². The van der Waals surface area contributed by atoms with Gasteiger partial charge >= 0.3 is 12.1 Å². The first-order valence-corrected chi connectivity index (χ1v) is 7.60. The molecule has 6 heteroatoms. The van der Waals surface area contributed by atoms with Crippen LogP contribution in [0.4, 0.5) is 13.2 Å². The Kier molecular flexibility index (Phi) is 5.11. The third kappa shape index (κ3) is 4.75. The van der Waals surface area contributed by atoms with Crippen molar-refractivity contribution in [2.75, 3.05) is 7.11 Å². The first-order valence-electron chi connectivity index (χ1n) is 7.60. The number of benzene rings is 2. The van der Waals surface area contributed by atoms with Crippen LogP contribution >= 0.6 is 0 Å². The van der Waals surface area contributed by atoms with E-state index >= 15 is 0 Å². The van der Waals surface area contributed by atoms with Crippen molar-refractivity contribution in [2.45, 2.75) is 32.5 Å². The summed E-state index contributed by atoms with van der Waals surface area (Å²) in [4.78, 5) is 12.4. The van der Waals surface area contributed by atoms with E-state index in [1.54, 1.807) is 39.0 Å². The van der Waals surface area contributed by atoms with Crippen molar-refractivity contribution in [3.8, 4) is 16.9 Å². The fraction of sp³-hybridized carbons (Fsp3) is 0.316. The summed E-state index contributed by atoms with van der Waals surface area (Å²) in [6.45, 7) is 5.23. The van der Waals surface area contributed by atoms with Crippen molar-refractivity contribution >= 4 is 5.97 Å². The van der Waals surface area contributed by atoms with Gasteiger partial charge < -0.3 is 9.47 Å². The van der Waals surface area contributed by atoms with Gasteiger partial charge in [0.25, 0.3) is 0 Å². The molecule has 2 aromatic rings. The minimum Gasteiger partial charge on any atom is -0.497 e. The maximum absolute atomic E-state index is 12.7. The molecule has 0 aliphatic rings. The van der Waals surface area contributed by atoms with Crippen LogP contribution in [0.2, 0.25) is 0 Å². The highest BCUT2D eigenvalue weighted by molar-refractivity contribution is 5.98. The zero-order valence-electron chi connectivity index (χ0n) is 14.4. The van der Waals surface area contributed by atoms with Crippen LogP contribution in [0.3, 0.4) is 0 Å². The lowest BCUT2D eigenvalue weighted by Gasteiger charge is -2.21. The lowest BCUT2D eigenvalue weighted by molar-refractivity contribution is -0.137. The van der Waals surface area contributed by atoms with Crippen LogP contribution in [0.1, 0.15) is 36.7 Å². The van der Waals surface area contributed by atoms with Gasteiger partial charge in [-0.3, -0.25) is 0 Å². The summed E-state index contributed by atoms with van der Waals surface area (Å²) in [6, 6.07) is 9.35. The highest BCUT2D eigenvalue weighted by atomic mass is 19.4. The fourth-order valence-electron chi connectivity index (χ4n) is 2.24. The van der Waals surface area contributed by atoms with Gasteiger partial charge in [0, 0.05) is 0 Å². The van der Waals surface area contributed by atoms with Gasteiger partial charge in [0.05, 0.1) is 18.2 Å². The Balaban J connectivity index is 2.49. The second kappa shape index (κ2) is 6.78. The van der Waals surface area contributed by atoms with Gasteiger partial charge in [-0.05, 0) is 62.2 Å². The molecule has 0 spiro atoms. The lowest BCUT2D eigenvalue weighted by atomic mass is 9.98. The van der Waals surface area contributed by atoms with E-state index in [0.717, 1.165) is 12.1 Å². The Labute approximate surface area is 144 Å². The molecule has 3 nitrogen and oxygen atoms in total. The van der Waals surface area contributed by atoms with Gasteiger partial charge in [-0.15, -0.1) is 0 Å². The van der Waals surface area contributed by atoms with E-state index in [9.17, 15) is 18.0 Å². The van der Waals surface area contributed by atoms with Crippen LogP contribution in [0, 0.1) is 0 Å². The first-order chi connectivity index (χ1) is 11.5. The van der Waals surface area contributed by atoms with Crippen molar-refractivity contribution in [1.29, 1.82) is 0 Å². The van der Waals surface area contributed by atoms with Crippen molar-refractivity contribution in [3.63, 3.8) is 0 Å². The van der Waals surface area contributed by atoms with Crippen molar-refractivity contribution < 1.29 is 27.4 Å². The predicted octanol–water partition coefficient (Wildman–Crippen LogP) is 5.34. The SMILES string of the molecule is COc1ccc(C(=O)OC(C)(C)C)c(-c2ccc(C(F)(F)F)cc2)c1. The first kappa shape index (κ1) is 18.8. The number of hydrogen-bond acceptors (Lipinski definition) is 3. The highest BCUT2D eigenvalue weighted by Gasteiger charge is 2.30. The molecule has 25 heavy (non-hydrogen) atoms. The smallest absolute Gasteiger partial charge is 0.416 e. The van der Waals surface area contributed by atoms with Gasteiger partial charge in [0.2, 0.25) is 0 Å². The minimum absolute atomic E-state index is 0.260. The van der Waals surface area contributed by atoms with Crippen molar-refractivity contribution in [2.24, 2.45) is 0 Å². The van der Waals surface area contributed by atoms with E-state index in [2.05, 4.69) is 0 Å². The number of methoxy groups -OCH3 is 1. The van der Waals surface area contributed by atoms with Gasteiger partial charge in [0.1, 0.15) is 11.4 Å². The molecule has 0 bridgehead atoms. The van der Waals surface area contributed by atoms with Gasteiger partial charge in [-0.1, -0.05) is 12.1 Å². The summed E-state index contributed by atoms with van der Waals surface area (Å²) < 4.78 is 48.8. The fourth-order valence-corrected chi connectivity index (χ4v) is 2.24. The molecule has 0 unspecified atom stereocenters. The topological polar surface area (TPSA) is 35.5 Å². The van der Waals surface area contributed by atoms with Crippen molar-refractivity contribution in [3.05, 3.63) is 53.6 Å². The number of esters is 1. The summed E-state index contributed by atoms with van der Waals surface area (Å²) in [7, 11) is 1.47. The molecule has 2 aromatic carbocycles. The third-order valence-corrected chi connectivity index (χ3v) is 3.37. The number of carbonyl (C=O) groups excluding carboxylic acids is 1. The molecule has 0 aliphatic carbocycles. The Morgan fingerprint density at radius 3 is 2.04 bits per heavy atom. The number of alkyl halides is 3. The average molecular weight is 352 g/mol. The predicted molar refractivity (Wildman–Crippen MR) is 88.6 cm³/mol. The number of ether oxygens (including phenoxy) is 2. The Hall–Kier alpha value is -2.50. The summed E-state index contributed by atoms with van der Waals surface area (Å²) >= 11 is 0. The Morgan fingerprint density at radius 1 is 0.960 bits per heavy atom. The minimum atomic E-state index is -4.42. The van der Waals surface area contributed by atoms with Gasteiger partial charge in [-0.2, -0.15) is 13.2 Å². The van der Waals surface area contributed by atoms with Gasteiger partial charge in [0.15, 0.2) is 0 Å². The molecule has 0 amide bonds. The zero-order chi connectivity index (χ0) is 18.8. The maximum Gasteiger partial charge on any atom is 0.416 e. The molecule has 0 N–H and O–H groups in total. The van der Waals surface area contributed by atoms with E-state index in [4.69, 9.17) is 9.47 Å². The standard InChI is InChI=1S/C19H19F3O3/c1-18(2,3)25-17(23)15-10-9-14(24-4)11-16(15)12-5-7-13(8-6-12)19(20,21)22/h5-11H,1-4H3. The molecular weight excluding hydrogens is 333 g/mol. The number of rotatable bonds is 3. The molecule has 134 valence electrons. The number of hydrogen-bond donors (Lipinski definition) is 0. The summed E-state index contributed by atoms with van der Waals surface area (Å²) in [6.07, 6.45) is -4.42. The molecule has 0 aromatic heterocycles. The highest BCUT2D eigenvalue weighted by Crippen LogP contribution is 2.33. The van der Waals surface area contributed by atoms with Crippen LogP contribution in [0.5, 0.6) is 5.75 Å². The van der Waals surface area contributed by atoms with Crippen LogP contribution in [-0.4, -0.2) is 18.7 Å². The van der Waals surface area contributed by atoms with Crippen LogP contribution in [0.15, 0.2) is 42.5 Å². The lowest BCUT2D eigenvalue weighted by Crippen LogP contribution is -2.24. The number of halogens is 3. The average Bonchev–Trinajstić information content (AvgIpc) is 2.52. The monoisotopic (exact) mass is 352 g/mol. The quantitative estimate of drug-likeness (QED) is 0.700. The summed E-state index contributed by atoms with van der Waals surface area (Å²) in [5.74, 6) is -0.0627. The second-order valence-corrected chi connectivity index (χ2v) is 6.49. The molecule has 0 radical (unpaired) electrons. The summed E-state index contributed by atoms with van der Waals surface area (Å²) in [5, 5.41) is 0. The molecule has 0 atom stereocenters. The van der Waals surface area contributed by atoms with E-state index in [-0.39, 0.29) is 5.56 Å². The normalized spacial score (nSPS) is 12.0. The van der Waals surface area contributed by atoms with Crippen molar-refractivity contribution in [1.82, 2.24) is 0 Å². The third-order valence-electron chi connectivity index (χ3n) is 3.37.